The molecule has 0 aliphatic carbocycles. The first-order valence-corrected chi connectivity index (χ1v) is 9.34. The van der Waals surface area contributed by atoms with Gasteiger partial charge in [-0.15, -0.1) is 0 Å². The minimum Gasteiger partial charge on any atom is -0.388 e. The van der Waals surface area contributed by atoms with Crippen molar-refractivity contribution in [3.8, 4) is 0 Å². The van der Waals surface area contributed by atoms with E-state index in [1.807, 2.05) is 30.3 Å². The average molecular weight is 338 g/mol. The Labute approximate surface area is 149 Å². The molecule has 1 fully saturated rings. The molecule has 5 heteroatoms. The summed E-state index contributed by atoms with van der Waals surface area (Å²) in [6.07, 6.45) is 5.31. The molecule has 2 N–H and O–H groups in total. The molecule has 1 atom stereocenters. The lowest BCUT2D eigenvalue weighted by Gasteiger charge is -2.36. The number of hydrogen-bond donors (Lipinski definition) is 2. The van der Waals surface area contributed by atoms with Gasteiger partial charge in [-0.25, -0.2) is 9.97 Å². The SMILES string of the molecule is O[C@@H](c1ccccc1)C1CCN(c2ncnc3c2CCNCC3)CC1. The second-order valence-corrected chi connectivity index (χ2v) is 7.05. The lowest BCUT2D eigenvalue weighted by atomic mass is 9.87. The van der Waals surface area contributed by atoms with Gasteiger partial charge in [0.1, 0.15) is 12.1 Å². The summed E-state index contributed by atoms with van der Waals surface area (Å²) in [5, 5.41) is 14.1. The van der Waals surface area contributed by atoms with Gasteiger partial charge in [0.2, 0.25) is 0 Å². The van der Waals surface area contributed by atoms with E-state index < -0.39 is 0 Å². The second kappa shape index (κ2) is 7.50. The summed E-state index contributed by atoms with van der Waals surface area (Å²) in [5.41, 5.74) is 3.54. The monoisotopic (exact) mass is 338 g/mol. The van der Waals surface area contributed by atoms with Crippen molar-refractivity contribution in [2.24, 2.45) is 5.92 Å². The first-order chi connectivity index (χ1) is 12.3. The van der Waals surface area contributed by atoms with Crippen LogP contribution in [0.15, 0.2) is 36.7 Å². The quantitative estimate of drug-likeness (QED) is 0.898. The number of nitrogens with one attached hydrogen (secondary N) is 1. The molecule has 5 nitrogen and oxygen atoms in total. The first-order valence-electron chi connectivity index (χ1n) is 9.34. The van der Waals surface area contributed by atoms with Crippen LogP contribution in [-0.4, -0.2) is 41.3 Å². The van der Waals surface area contributed by atoms with E-state index >= 15 is 0 Å². The Morgan fingerprint density at radius 1 is 1.04 bits per heavy atom. The zero-order valence-electron chi connectivity index (χ0n) is 14.6. The Hall–Kier alpha value is -1.98. The highest BCUT2D eigenvalue weighted by Crippen LogP contribution is 2.33. The standard InChI is InChI=1S/C20H26N4O/c25-19(15-4-2-1-3-5-15)16-8-12-24(13-9-16)20-17-6-10-21-11-7-18(17)22-14-23-20/h1-5,14,16,19,21,25H,6-13H2/t19-/m0/s1. The van der Waals surface area contributed by atoms with Crippen LogP contribution in [0.25, 0.3) is 0 Å². The number of benzene rings is 1. The van der Waals surface area contributed by atoms with Crippen molar-refractivity contribution in [3.63, 3.8) is 0 Å². The van der Waals surface area contributed by atoms with Gasteiger partial charge >= 0.3 is 0 Å². The summed E-state index contributed by atoms with van der Waals surface area (Å²) in [4.78, 5) is 11.5. The molecule has 25 heavy (non-hydrogen) atoms. The van der Waals surface area contributed by atoms with Gasteiger partial charge in [0, 0.05) is 31.6 Å². The number of fused-ring (bicyclic) bond motifs is 1. The highest BCUT2D eigenvalue weighted by Gasteiger charge is 2.28. The number of anilines is 1. The maximum Gasteiger partial charge on any atom is 0.135 e. The van der Waals surface area contributed by atoms with E-state index in [0.29, 0.717) is 5.92 Å². The maximum atomic E-state index is 10.7. The van der Waals surface area contributed by atoms with Gasteiger partial charge in [-0.3, -0.25) is 0 Å². The topological polar surface area (TPSA) is 61.3 Å². The van der Waals surface area contributed by atoms with E-state index in [1.165, 1.54) is 11.3 Å². The molecule has 132 valence electrons. The number of aliphatic hydroxyl groups excluding tert-OH is 1. The largest absolute Gasteiger partial charge is 0.388 e. The Morgan fingerprint density at radius 2 is 1.80 bits per heavy atom. The van der Waals surface area contributed by atoms with E-state index in [1.54, 1.807) is 6.33 Å². The van der Waals surface area contributed by atoms with Gasteiger partial charge in [0.25, 0.3) is 0 Å². The zero-order valence-corrected chi connectivity index (χ0v) is 14.6. The molecule has 0 radical (unpaired) electrons. The maximum absolute atomic E-state index is 10.7. The van der Waals surface area contributed by atoms with Crippen molar-refractivity contribution in [2.45, 2.75) is 31.8 Å². The molecule has 4 rings (SSSR count). The predicted octanol–water partition coefficient (Wildman–Crippen LogP) is 2.11. The number of rotatable bonds is 3. The lowest BCUT2D eigenvalue weighted by molar-refractivity contribution is 0.0928. The molecular weight excluding hydrogens is 312 g/mol. The molecule has 3 heterocycles. The minimum absolute atomic E-state index is 0.320. The molecule has 0 bridgehead atoms. The van der Waals surface area contributed by atoms with E-state index in [2.05, 4.69) is 20.2 Å². The molecule has 0 saturated carbocycles. The zero-order chi connectivity index (χ0) is 17.1. The van der Waals surface area contributed by atoms with Crippen LogP contribution in [0, 0.1) is 5.92 Å². The molecule has 2 aliphatic rings. The van der Waals surface area contributed by atoms with Crippen LogP contribution in [0.4, 0.5) is 5.82 Å². The van der Waals surface area contributed by atoms with Crippen molar-refractivity contribution in [3.05, 3.63) is 53.5 Å². The lowest BCUT2D eigenvalue weighted by Crippen LogP contribution is -2.37. The van der Waals surface area contributed by atoms with Crippen molar-refractivity contribution in [1.29, 1.82) is 0 Å². The van der Waals surface area contributed by atoms with E-state index in [4.69, 9.17) is 0 Å². The molecule has 1 aromatic carbocycles. The van der Waals surface area contributed by atoms with Crippen LogP contribution < -0.4 is 10.2 Å². The third-order valence-electron chi connectivity index (χ3n) is 5.53. The van der Waals surface area contributed by atoms with Gasteiger partial charge in [0.15, 0.2) is 0 Å². The van der Waals surface area contributed by atoms with Crippen LogP contribution in [0.1, 0.15) is 35.8 Å². The normalized spacial score (nSPS) is 20.0. The number of aromatic nitrogens is 2. The predicted molar refractivity (Wildman–Crippen MR) is 98.6 cm³/mol. The van der Waals surface area contributed by atoms with Crippen molar-refractivity contribution >= 4 is 5.82 Å². The van der Waals surface area contributed by atoms with Crippen LogP contribution in [0.3, 0.4) is 0 Å². The summed E-state index contributed by atoms with van der Waals surface area (Å²) in [7, 11) is 0. The molecule has 1 aromatic heterocycles. The van der Waals surface area contributed by atoms with Gasteiger partial charge in [-0.05, 0) is 37.3 Å². The summed E-state index contributed by atoms with van der Waals surface area (Å²) in [6.45, 7) is 3.89. The Balaban J connectivity index is 1.46. The summed E-state index contributed by atoms with van der Waals surface area (Å²) >= 11 is 0. The average Bonchev–Trinajstić information content (AvgIpc) is 2.94. The molecule has 2 aromatic rings. The Morgan fingerprint density at radius 3 is 2.60 bits per heavy atom. The molecule has 0 amide bonds. The summed E-state index contributed by atoms with van der Waals surface area (Å²) in [5.74, 6) is 1.43. The number of piperidine rings is 1. The fourth-order valence-corrected chi connectivity index (χ4v) is 4.08. The smallest absolute Gasteiger partial charge is 0.135 e. The molecule has 0 spiro atoms. The van der Waals surface area contributed by atoms with Gasteiger partial charge < -0.3 is 15.3 Å². The first kappa shape index (κ1) is 16.5. The van der Waals surface area contributed by atoms with Crippen molar-refractivity contribution in [2.75, 3.05) is 31.1 Å². The summed E-state index contributed by atoms with van der Waals surface area (Å²) < 4.78 is 0. The van der Waals surface area contributed by atoms with Crippen LogP contribution in [-0.2, 0) is 12.8 Å². The number of aliphatic hydroxyl groups is 1. The highest BCUT2D eigenvalue weighted by atomic mass is 16.3. The van der Waals surface area contributed by atoms with Gasteiger partial charge in [-0.2, -0.15) is 0 Å². The molecule has 1 saturated heterocycles. The van der Waals surface area contributed by atoms with Crippen molar-refractivity contribution < 1.29 is 5.11 Å². The molecule has 0 unspecified atom stereocenters. The van der Waals surface area contributed by atoms with Gasteiger partial charge in [-0.1, -0.05) is 30.3 Å². The fraction of sp³-hybridized carbons (Fsp3) is 0.500. The third kappa shape index (κ3) is 3.53. The Kier molecular flexibility index (Phi) is 4.95. The number of hydrogen-bond acceptors (Lipinski definition) is 5. The second-order valence-electron chi connectivity index (χ2n) is 7.05. The number of nitrogens with zero attached hydrogens (tertiary/aromatic N) is 3. The third-order valence-corrected chi connectivity index (χ3v) is 5.53. The van der Waals surface area contributed by atoms with Crippen LogP contribution >= 0.6 is 0 Å². The molecule has 2 aliphatic heterocycles. The van der Waals surface area contributed by atoms with E-state index in [-0.39, 0.29) is 6.10 Å². The van der Waals surface area contributed by atoms with Crippen LogP contribution in [0.5, 0.6) is 0 Å². The van der Waals surface area contributed by atoms with E-state index in [0.717, 1.165) is 63.2 Å². The van der Waals surface area contributed by atoms with Crippen LogP contribution in [0.2, 0.25) is 0 Å². The minimum atomic E-state index is -0.366. The highest BCUT2D eigenvalue weighted by molar-refractivity contribution is 5.49. The van der Waals surface area contributed by atoms with Crippen molar-refractivity contribution in [1.82, 2.24) is 15.3 Å². The molecular formula is C20H26N4O. The van der Waals surface area contributed by atoms with E-state index in [9.17, 15) is 5.11 Å². The Bertz CT molecular complexity index is 698. The van der Waals surface area contributed by atoms with Gasteiger partial charge in [0.05, 0.1) is 11.8 Å². The summed E-state index contributed by atoms with van der Waals surface area (Å²) in [6, 6.07) is 10.0. The fourth-order valence-electron chi connectivity index (χ4n) is 4.08.